The van der Waals surface area contributed by atoms with E-state index >= 15 is 0 Å². The first-order valence-electron chi connectivity index (χ1n) is 7.02. The smallest absolute Gasteiger partial charge is 0.243 e. The van der Waals surface area contributed by atoms with E-state index in [4.69, 9.17) is 23.2 Å². The predicted octanol–water partition coefficient (Wildman–Crippen LogP) is 2.93. The molecule has 0 fully saturated rings. The van der Waals surface area contributed by atoms with Crippen LogP contribution >= 0.6 is 23.2 Å². The van der Waals surface area contributed by atoms with Crippen molar-refractivity contribution in [3.05, 3.63) is 64.1 Å². The Balaban J connectivity index is 1.95. The van der Waals surface area contributed by atoms with Gasteiger partial charge in [0.1, 0.15) is 0 Å². The summed E-state index contributed by atoms with van der Waals surface area (Å²) in [6.07, 6.45) is 0. The third-order valence-corrected chi connectivity index (χ3v) is 5.61. The van der Waals surface area contributed by atoms with E-state index < -0.39 is 15.9 Å². The Kier molecular flexibility index (Phi) is 6.23. The standard InChI is InChI=1S/C16H16Cl2N2O3S/c1-20(24(22,23)15-8-6-14(18)7-9-15)11-16(21)19-10-12-2-4-13(17)5-3-12/h2-9H,10-11H2,1H3,(H,19,21). The van der Waals surface area contributed by atoms with Gasteiger partial charge in [-0.1, -0.05) is 35.3 Å². The molecule has 0 saturated carbocycles. The molecule has 2 rings (SSSR count). The predicted molar refractivity (Wildman–Crippen MR) is 94.6 cm³/mol. The van der Waals surface area contributed by atoms with Gasteiger partial charge in [0.15, 0.2) is 0 Å². The summed E-state index contributed by atoms with van der Waals surface area (Å²) in [6.45, 7) is 0.0172. The zero-order valence-electron chi connectivity index (χ0n) is 12.9. The van der Waals surface area contributed by atoms with Crippen LogP contribution in [0.5, 0.6) is 0 Å². The highest BCUT2D eigenvalue weighted by Crippen LogP contribution is 2.17. The Morgan fingerprint density at radius 3 is 2.04 bits per heavy atom. The second kappa shape index (κ2) is 7.98. The number of rotatable bonds is 6. The van der Waals surface area contributed by atoms with E-state index in [-0.39, 0.29) is 11.4 Å². The van der Waals surface area contributed by atoms with Crippen LogP contribution in [0.4, 0.5) is 0 Å². The SMILES string of the molecule is CN(CC(=O)NCc1ccc(Cl)cc1)S(=O)(=O)c1ccc(Cl)cc1. The van der Waals surface area contributed by atoms with Crippen LogP contribution in [0.25, 0.3) is 0 Å². The molecule has 0 aliphatic rings. The summed E-state index contributed by atoms with van der Waals surface area (Å²) in [4.78, 5) is 12.0. The van der Waals surface area contributed by atoms with Gasteiger partial charge < -0.3 is 5.32 Å². The molecule has 8 heteroatoms. The van der Waals surface area contributed by atoms with Gasteiger partial charge in [0, 0.05) is 23.6 Å². The number of halogens is 2. The third kappa shape index (κ3) is 4.95. The highest BCUT2D eigenvalue weighted by Gasteiger charge is 2.22. The number of hydrogen-bond acceptors (Lipinski definition) is 3. The molecule has 128 valence electrons. The molecule has 0 radical (unpaired) electrons. The molecule has 0 bridgehead atoms. The summed E-state index contributed by atoms with van der Waals surface area (Å²) in [5.74, 6) is -0.398. The van der Waals surface area contributed by atoms with Gasteiger partial charge in [-0.3, -0.25) is 4.79 Å². The molecule has 1 amide bonds. The summed E-state index contributed by atoms with van der Waals surface area (Å²) < 4.78 is 25.8. The molecule has 0 spiro atoms. The molecule has 1 N–H and O–H groups in total. The van der Waals surface area contributed by atoms with Crippen LogP contribution in [0.1, 0.15) is 5.56 Å². The van der Waals surface area contributed by atoms with Crippen LogP contribution in [0.3, 0.4) is 0 Å². The van der Waals surface area contributed by atoms with Crippen molar-refractivity contribution in [2.45, 2.75) is 11.4 Å². The van der Waals surface area contributed by atoms with Crippen LogP contribution in [0.15, 0.2) is 53.4 Å². The van der Waals surface area contributed by atoms with Crippen molar-refractivity contribution in [3.63, 3.8) is 0 Å². The highest BCUT2D eigenvalue weighted by atomic mass is 35.5. The largest absolute Gasteiger partial charge is 0.351 e. The van der Waals surface area contributed by atoms with Crippen molar-refractivity contribution >= 4 is 39.1 Å². The number of carbonyl (C=O) groups excluding carboxylic acids is 1. The van der Waals surface area contributed by atoms with Crippen LogP contribution in [-0.2, 0) is 21.4 Å². The molecule has 5 nitrogen and oxygen atoms in total. The van der Waals surface area contributed by atoms with Crippen molar-refractivity contribution < 1.29 is 13.2 Å². The molecule has 0 saturated heterocycles. The number of nitrogens with one attached hydrogen (secondary N) is 1. The Hall–Kier alpha value is -1.60. The highest BCUT2D eigenvalue weighted by molar-refractivity contribution is 7.89. The molecule has 0 unspecified atom stereocenters. The molecular weight excluding hydrogens is 371 g/mol. The molecular formula is C16H16Cl2N2O3S. The van der Waals surface area contributed by atoms with E-state index in [1.807, 2.05) is 0 Å². The van der Waals surface area contributed by atoms with Gasteiger partial charge in [0.25, 0.3) is 0 Å². The summed E-state index contributed by atoms with van der Waals surface area (Å²) in [5, 5.41) is 3.72. The van der Waals surface area contributed by atoms with Gasteiger partial charge in [-0.25, -0.2) is 8.42 Å². The Bertz CT molecular complexity index is 806. The van der Waals surface area contributed by atoms with Crippen LogP contribution in [-0.4, -0.2) is 32.2 Å². The Labute approximate surface area is 151 Å². The first kappa shape index (κ1) is 18.7. The van der Waals surface area contributed by atoms with Gasteiger partial charge >= 0.3 is 0 Å². The summed E-state index contributed by atoms with van der Waals surface area (Å²) >= 11 is 11.5. The monoisotopic (exact) mass is 386 g/mol. The lowest BCUT2D eigenvalue weighted by Crippen LogP contribution is -2.38. The lowest BCUT2D eigenvalue weighted by molar-refractivity contribution is -0.121. The normalized spacial score (nSPS) is 11.5. The number of benzene rings is 2. The molecule has 2 aromatic carbocycles. The van der Waals surface area contributed by atoms with Crippen molar-refractivity contribution in [2.75, 3.05) is 13.6 Å². The van der Waals surface area contributed by atoms with Crippen molar-refractivity contribution in [3.8, 4) is 0 Å². The van der Waals surface area contributed by atoms with Gasteiger partial charge in [0.05, 0.1) is 11.4 Å². The average Bonchev–Trinajstić information content (AvgIpc) is 2.54. The second-order valence-electron chi connectivity index (χ2n) is 5.12. The molecule has 24 heavy (non-hydrogen) atoms. The zero-order valence-corrected chi connectivity index (χ0v) is 15.2. The van der Waals surface area contributed by atoms with Crippen molar-refractivity contribution in [1.82, 2.24) is 9.62 Å². The lowest BCUT2D eigenvalue weighted by atomic mass is 10.2. The van der Waals surface area contributed by atoms with Gasteiger partial charge in [-0.05, 0) is 42.0 Å². The van der Waals surface area contributed by atoms with E-state index in [0.717, 1.165) is 9.87 Å². The third-order valence-electron chi connectivity index (χ3n) is 3.29. The second-order valence-corrected chi connectivity index (χ2v) is 8.04. The number of amides is 1. The number of sulfonamides is 1. The molecule has 0 heterocycles. The first-order chi connectivity index (χ1) is 11.3. The average molecular weight is 387 g/mol. The van der Waals surface area contributed by atoms with E-state index in [1.165, 1.54) is 31.3 Å². The van der Waals surface area contributed by atoms with Gasteiger partial charge in [-0.15, -0.1) is 0 Å². The maximum absolute atomic E-state index is 12.4. The van der Waals surface area contributed by atoms with Crippen LogP contribution in [0, 0.1) is 0 Å². The Morgan fingerprint density at radius 2 is 1.50 bits per heavy atom. The summed E-state index contributed by atoms with van der Waals surface area (Å²) in [7, 11) is -2.39. The minimum absolute atomic E-state index is 0.0832. The maximum Gasteiger partial charge on any atom is 0.243 e. The molecule has 0 aliphatic heterocycles. The lowest BCUT2D eigenvalue weighted by Gasteiger charge is -2.17. The fraction of sp³-hybridized carbons (Fsp3) is 0.188. The van der Waals surface area contributed by atoms with Gasteiger partial charge in [0.2, 0.25) is 15.9 Å². The fourth-order valence-electron chi connectivity index (χ4n) is 1.93. The number of nitrogens with zero attached hydrogens (tertiary/aromatic N) is 1. The quantitative estimate of drug-likeness (QED) is 0.829. The molecule has 0 atom stereocenters. The van der Waals surface area contributed by atoms with Crippen molar-refractivity contribution in [1.29, 1.82) is 0 Å². The number of hydrogen-bond donors (Lipinski definition) is 1. The zero-order chi connectivity index (χ0) is 17.7. The number of carbonyl (C=O) groups is 1. The molecule has 0 aliphatic carbocycles. The van der Waals surface area contributed by atoms with E-state index in [9.17, 15) is 13.2 Å². The summed E-state index contributed by atoms with van der Waals surface area (Å²) in [5.41, 5.74) is 0.871. The summed E-state index contributed by atoms with van der Waals surface area (Å²) in [6, 6.07) is 12.8. The van der Waals surface area contributed by atoms with Crippen molar-refractivity contribution in [2.24, 2.45) is 0 Å². The topological polar surface area (TPSA) is 66.5 Å². The van der Waals surface area contributed by atoms with E-state index in [2.05, 4.69) is 5.32 Å². The van der Waals surface area contributed by atoms with Gasteiger partial charge in [-0.2, -0.15) is 4.31 Å². The van der Waals surface area contributed by atoms with Crippen LogP contribution in [0.2, 0.25) is 10.0 Å². The number of likely N-dealkylation sites (N-methyl/N-ethyl adjacent to an activating group) is 1. The van der Waals surface area contributed by atoms with E-state index in [1.54, 1.807) is 24.3 Å². The minimum atomic E-state index is -3.74. The Morgan fingerprint density at radius 1 is 1.00 bits per heavy atom. The maximum atomic E-state index is 12.4. The fourth-order valence-corrected chi connectivity index (χ4v) is 3.31. The first-order valence-corrected chi connectivity index (χ1v) is 9.21. The van der Waals surface area contributed by atoms with E-state index in [0.29, 0.717) is 16.6 Å². The minimum Gasteiger partial charge on any atom is -0.351 e. The molecule has 2 aromatic rings. The molecule has 0 aromatic heterocycles. The van der Waals surface area contributed by atoms with Crippen LogP contribution < -0.4 is 5.32 Å².